The maximum absolute atomic E-state index is 12.4. The van der Waals surface area contributed by atoms with Crippen LogP contribution in [0.25, 0.3) is 0 Å². The maximum Gasteiger partial charge on any atom is 0.226 e. The number of nitrogens with zero attached hydrogens (tertiary/aromatic N) is 1. The number of carbonyl (C=O) groups is 2. The van der Waals surface area contributed by atoms with Crippen LogP contribution in [0.15, 0.2) is 28.7 Å². The van der Waals surface area contributed by atoms with Crippen molar-refractivity contribution in [3.8, 4) is 0 Å². The van der Waals surface area contributed by atoms with Gasteiger partial charge in [0.15, 0.2) is 0 Å². The molecule has 2 amide bonds. The van der Waals surface area contributed by atoms with Gasteiger partial charge in [-0.25, -0.2) is 0 Å². The highest BCUT2D eigenvalue weighted by atomic mass is 79.9. The van der Waals surface area contributed by atoms with Crippen molar-refractivity contribution in [3.63, 3.8) is 0 Å². The van der Waals surface area contributed by atoms with Crippen molar-refractivity contribution in [2.45, 2.75) is 45.4 Å². The summed E-state index contributed by atoms with van der Waals surface area (Å²) in [5, 5.41) is 3.03. The predicted octanol–water partition coefficient (Wildman–Crippen LogP) is 3.54. The van der Waals surface area contributed by atoms with Gasteiger partial charge in [0.2, 0.25) is 11.8 Å². The minimum Gasteiger partial charge on any atom is -0.356 e. The summed E-state index contributed by atoms with van der Waals surface area (Å²) in [5.74, 6) is 0.369. The lowest BCUT2D eigenvalue weighted by molar-refractivity contribution is -0.135. The number of hydrogen-bond donors (Lipinski definition) is 1. The van der Waals surface area contributed by atoms with Crippen LogP contribution in [0.1, 0.15) is 44.6 Å². The summed E-state index contributed by atoms with van der Waals surface area (Å²) in [7, 11) is 0. The summed E-state index contributed by atoms with van der Waals surface area (Å²) in [6, 6.07) is 7.85. The van der Waals surface area contributed by atoms with Crippen molar-refractivity contribution < 1.29 is 9.59 Å². The highest BCUT2D eigenvalue weighted by Crippen LogP contribution is 2.19. The van der Waals surface area contributed by atoms with Crippen LogP contribution in [0, 0.1) is 5.92 Å². The number of nitrogens with one attached hydrogen (secondary N) is 1. The smallest absolute Gasteiger partial charge is 0.226 e. The normalized spacial score (nSPS) is 15.3. The van der Waals surface area contributed by atoms with Crippen molar-refractivity contribution in [3.05, 3.63) is 34.3 Å². The average molecular weight is 395 g/mol. The molecule has 0 radical (unpaired) electrons. The molecule has 5 heteroatoms. The first-order valence-corrected chi connectivity index (χ1v) is 9.69. The third kappa shape index (κ3) is 5.93. The second-order valence-corrected chi connectivity index (χ2v) is 7.37. The molecule has 1 aromatic rings. The zero-order valence-electron chi connectivity index (χ0n) is 14.4. The van der Waals surface area contributed by atoms with Gasteiger partial charge in [0.25, 0.3) is 0 Å². The van der Waals surface area contributed by atoms with Crippen molar-refractivity contribution in [2.75, 3.05) is 19.6 Å². The molecular formula is C19H27BrN2O2. The molecule has 0 aromatic heterocycles. The minimum absolute atomic E-state index is 0.0587. The number of likely N-dealkylation sites (tertiary alicyclic amines) is 1. The Labute approximate surface area is 153 Å². The Kier molecular flexibility index (Phi) is 7.76. The Morgan fingerprint density at radius 2 is 1.83 bits per heavy atom. The van der Waals surface area contributed by atoms with Gasteiger partial charge >= 0.3 is 0 Å². The molecule has 0 bridgehead atoms. The van der Waals surface area contributed by atoms with Crippen LogP contribution in [0.2, 0.25) is 0 Å². The van der Waals surface area contributed by atoms with Gasteiger partial charge in [-0.1, -0.05) is 47.8 Å². The van der Waals surface area contributed by atoms with E-state index in [1.165, 1.54) is 0 Å². The molecule has 0 unspecified atom stereocenters. The van der Waals surface area contributed by atoms with Gasteiger partial charge in [0, 0.05) is 30.0 Å². The molecule has 0 saturated carbocycles. The number of halogens is 1. The fraction of sp³-hybridized carbons (Fsp3) is 0.579. The van der Waals surface area contributed by atoms with Crippen molar-refractivity contribution in [1.29, 1.82) is 0 Å². The molecule has 2 rings (SSSR count). The SMILES string of the molecule is CCCCCNC(=O)C1CCN(C(=O)Cc2ccc(Br)cc2)CC1. The molecule has 1 aliphatic heterocycles. The summed E-state index contributed by atoms with van der Waals surface area (Å²) in [6.07, 6.45) is 5.34. The van der Waals surface area contributed by atoms with E-state index in [1.54, 1.807) is 0 Å². The van der Waals surface area contributed by atoms with Crippen molar-refractivity contribution >= 4 is 27.7 Å². The molecule has 4 nitrogen and oxygen atoms in total. The standard InChI is InChI=1S/C19H27BrN2O2/c1-2-3-4-11-21-19(24)16-9-12-22(13-10-16)18(23)14-15-5-7-17(20)8-6-15/h5-8,16H,2-4,9-14H2,1H3,(H,21,24). The molecular weight excluding hydrogens is 368 g/mol. The maximum atomic E-state index is 12.4. The average Bonchev–Trinajstić information content (AvgIpc) is 2.60. The fourth-order valence-corrected chi connectivity index (χ4v) is 3.28. The highest BCUT2D eigenvalue weighted by Gasteiger charge is 2.26. The van der Waals surface area contributed by atoms with Gasteiger partial charge in [-0.2, -0.15) is 0 Å². The first-order chi connectivity index (χ1) is 11.6. The van der Waals surface area contributed by atoms with Crippen molar-refractivity contribution in [2.24, 2.45) is 5.92 Å². The first-order valence-electron chi connectivity index (χ1n) is 8.90. The van der Waals surface area contributed by atoms with E-state index >= 15 is 0 Å². The van der Waals surface area contributed by atoms with Gasteiger partial charge in [-0.15, -0.1) is 0 Å². The Bertz CT molecular complexity index is 537. The summed E-state index contributed by atoms with van der Waals surface area (Å²) < 4.78 is 1.02. The van der Waals surface area contributed by atoms with Crippen LogP contribution >= 0.6 is 15.9 Å². The van der Waals surface area contributed by atoms with Crippen molar-refractivity contribution in [1.82, 2.24) is 10.2 Å². The summed E-state index contributed by atoms with van der Waals surface area (Å²) in [4.78, 5) is 26.4. The molecule has 132 valence electrons. The van der Waals surface area contributed by atoms with E-state index in [4.69, 9.17) is 0 Å². The van der Waals surface area contributed by atoms with Gasteiger partial charge < -0.3 is 10.2 Å². The number of rotatable bonds is 7. The van der Waals surface area contributed by atoms with E-state index in [0.29, 0.717) is 19.5 Å². The molecule has 1 saturated heterocycles. The first kappa shape index (κ1) is 19.0. The second-order valence-electron chi connectivity index (χ2n) is 6.46. The molecule has 0 spiro atoms. The number of amides is 2. The summed E-state index contributed by atoms with van der Waals surface area (Å²) in [6.45, 7) is 4.29. The number of carbonyl (C=O) groups excluding carboxylic acids is 2. The largest absolute Gasteiger partial charge is 0.356 e. The lowest BCUT2D eigenvalue weighted by atomic mass is 9.95. The molecule has 0 atom stereocenters. The molecule has 1 aromatic carbocycles. The third-order valence-electron chi connectivity index (χ3n) is 4.57. The molecule has 24 heavy (non-hydrogen) atoms. The Balaban J connectivity index is 1.72. The van der Waals surface area contributed by atoms with Gasteiger partial charge in [-0.3, -0.25) is 9.59 Å². The molecule has 1 fully saturated rings. The summed E-state index contributed by atoms with van der Waals surface area (Å²) in [5.41, 5.74) is 1.03. The van der Waals surface area contributed by atoms with E-state index in [-0.39, 0.29) is 17.7 Å². The number of piperidine rings is 1. The zero-order valence-corrected chi connectivity index (χ0v) is 16.0. The molecule has 1 N–H and O–H groups in total. The molecule has 0 aliphatic carbocycles. The highest BCUT2D eigenvalue weighted by molar-refractivity contribution is 9.10. The second kappa shape index (κ2) is 9.82. The van der Waals surface area contributed by atoms with Gasteiger partial charge in [0.05, 0.1) is 6.42 Å². The quantitative estimate of drug-likeness (QED) is 0.718. The van der Waals surface area contributed by atoms with Crippen LogP contribution in [0.5, 0.6) is 0 Å². The number of unbranched alkanes of at least 4 members (excludes halogenated alkanes) is 2. The number of benzene rings is 1. The topological polar surface area (TPSA) is 49.4 Å². The Hall–Kier alpha value is -1.36. The predicted molar refractivity (Wildman–Crippen MR) is 99.7 cm³/mol. The van der Waals surface area contributed by atoms with Gasteiger partial charge in [-0.05, 0) is 37.0 Å². The lowest BCUT2D eigenvalue weighted by Crippen LogP contribution is -2.43. The number of hydrogen-bond acceptors (Lipinski definition) is 2. The zero-order chi connectivity index (χ0) is 17.4. The fourth-order valence-electron chi connectivity index (χ4n) is 3.01. The van der Waals surface area contributed by atoms with Crippen LogP contribution in [-0.4, -0.2) is 36.3 Å². The van der Waals surface area contributed by atoms with E-state index in [2.05, 4.69) is 28.2 Å². The lowest BCUT2D eigenvalue weighted by Gasteiger charge is -2.31. The third-order valence-corrected chi connectivity index (χ3v) is 5.10. The van der Waals surface area contributed by atoms with Gasteiger partial charge in [0.1, 0.15) is 0 Å². The molecule has 1 heterocycles. The van der Waals surface area contributed by atoms with E-state index in [1.807, 2.05) is 29.2 Å². The van der Waals surface area contributed by atoms with Crippen LogP contribution in [0.3, 0.4) is 0 Å². The Morgan fingerprint density at radius 3 is 2.46 bits per heavy atom. The monoisotopic (exact) mass is 394 g/mol. The summed E-state index contributed by atoms with van der Waals surface area (Å²) >= 11 is 3.40. The van der Waals surface area contributed by atoms with E-state index in [0.717, 1.165) is 48.7 Å². The van der Waals surface area contributed by atoms with E-state index in [9.17, 15) is 9.59 Å². The van der Waals surface area contributed by atoms with Crippen LogP contribution in [-0.2, 0) is 16.0 Å². The van der Waals surface area contributed by atoms with Crippen LogP contribution < -0.4 is 5.32 Å². The minimum atomic E-state index is 0.0587. The van der Waals surface area contributed by atoms with Crippen LogP contribution in [0.4, 0.5) is 0 Å². The molecule has 1 aliphatic rings. The van der Waals surface area contributed by atoms with E-state index < -0.39 is 0 Å². The Morgan fingerprint density at radius 1 is 1.17 bits per heavy atom.